The van der Waals surface area contributed by atoms with Gasteiger partial charge in [-0.3, -0.25) is 0 Å². The fourth-order valence-corrected chi connectivity index (χ4v) is 1.62. The van der Waals surface area contributed by atoms with E-state index in [1.54, 1.807) is 6.92 Å². The topological polar surface area (TPSA) is 65.2 Å². The van der Waals surface area contributed by atoms with Crippen molar-refractivity contribution in [1.82, 2.24) is 10.2 Å². The molecule has 0 aliphatic rings. The van der Waals surface area contributed by atoms with E-state index >= 15 is 0 Å². The Kier molecular flexibility index (Phi) is 5.04. The van der Waals surface area contributed by atoms with Crippen molar-refractivity contribution in [3.8, 4) is 0 Å². The number of thioether (sulfide) groups is 1. The number of allylic oxidation sites excluding steroid dienone is 1. The summed E-state index contributed by atoms with van der Waals surface area (Å²) in [7, 11) is 0. The lowest BCUT2D eigenvalue weighted by atomic mass is 10.3. The molecule has 5 nitrogen and oxygen atoms in total. The van der Waals surface area contributed by atoms with Crippen LogP contribution in [0.1, 0.15) is 31.5 Å². The van der Waals surface area contributed by atoms with Crippen molar-refractivity contribution >= 4 is 17.7 Å². The van der Waals surface area contributed by atoms with Gasteiger partial charge < -0.3 is 9.15 Å². The van der Waals surface area contributed by atoms with Gasteiger partial charge in [-0.2, -0.15) is 0 Å². The predicted octanol–water partition coefficient (Wildman–Crippen LogP) is 2.30. The van der Waals surface area contributed by atoms with E-state index in [0.717, 1.165) is 5.75 Å². The third-order valence-electron chi connectivity index (χ3n) is 1.55. The first-order valence-corrected chi connectivity index (χ1v) is 5.88. The van der Waals surface area contributed by atoms with E-state index in [-0.39, 0.29) is 5.89 Å². The van der Waals surface area contributed by atoms with Gasteiger partial charge in [-0.05, 0) is 20.8 Å². The van der Waals surface area contributed by atoms with Crippen molar-refractivity contribution in [1.29, 1.82) is 0 Å². The van der Waals surface area contributed by atoms with Crippen LogP contribution in [0, 0.1) is 0 Å². The summed E-state index contributed by atoms with van der Waals surface area (Å²) in [6, 6.07) is 0. The van der Waals surface area contributed by atoms with Gasteiger partial charge in [-0.15, -0.1) is 5.10 Å². The second-order valence-electron chi connectivity index (χ2n) is 3.19. The van der Waals surface area contributed by atoms with Crippen LogP contribution >= 0.6 is 11.8 Å². The van der Waals surface area contributed by atoms with Gasteiger partial charge in [0.15, 0.2) is 0 Å². The molecule has 0 saturated heterocycles. The van der Waals surface area contributed by atoms with E-state index in [0.29, 0.717) is 11.8 Å². The molecule has 0 atom stereocenters. The summed E-state index contributed by atoms with van der Waals surface area (Å²) >= 11 is 1.38. The van der Waals surface area contributed by atoms with Crippen LogP contribution in [-0.2, 0) is 4.74 Å². The molecule has 0 saturated carbocycles. The molecule has 0 amide bonds. The molecule has 1 aromatic heterocycles. The summed E-state index contributed by atoms with van der Waals surface area (Å²) in [4.78, 5) is 11.2. The molecule has 0 aliphatic carbocycles. The lowest BCUT2D eigenvalue weighted by molar-refractivity contribution is 0.0475. The normalized spacial score (nSPS) is 9.94. The molecule has 0 radical (unpaired) electrons. The standard InChI is InChI=1S/C10H14N2O3S/c1-4-14-9(13)8-11-12-10(15-8)16-6-5-7(2)3/h5H,4,6H2,1-3H3. The molecule has 16 heavy (non-hydrogen) atoms. The average molecular weight is 242 g/mol. The van der Waals surface area contributed by atoms with E-state index in [1.165, 1.54) is 17.3 Å². The molecule has 0 bridgehead atoms. The second kappa shape index (κ2) is 6.32. The number of ether oxygens (including phenoxy) is 1. The molecule has 0 unspecified atom stereocenters. The largest absolute Gasteiger partial charge is 0.459 e. The fourth-order valence-electron chi connectivity index (χ4n) is 0.823. The van der Waals surface area contributed by atoms with Crippen LogP contribution in [0.2, 0.25) is 0 Å². The Bertz CT molecular complexity index is 383. The molecule has 1 rings (SSSR count). The maximum absolute atomic E-state index is 11.2. The van der Waals surface area contributed by atoms with Gasteiger partial charge in [0, 0.05) is 5.75 Å². The summed E-state index contributed by atoms with van der Waals surface area (Å²) in [6.45, 7) is 6.04. The Morgan fingerprint density at radius 2 is 2.25 bits per heavy atom. The Balaban J connectivity index is 2.51. The molecule has 0 fully saturated rings. The molecule has 0 N–H and O–H groups in total. The van der Waals surface area contributed by atoms with Gasteiger partial charge in [-0.25, -0.2) is 4.79 Å². The first-order chi connectivity index (χ1) is 7.63. The van der Waals surface area contributed by atoms with Gasteiger partial charge in [0.2, 0.25) is 0 Å². The van der Waals surface area contributed by atoms with E-state index in [2.05, 4.69) is 10.2 Å². The fraction of sp³-hybridized carbons (Fsp3) is 0.500. The summed E-state index contributed by atoms with van der Waals surface area (Å²) in [5, 5.41) is 7.71. The minimum absolute atomic E-state index is 0.0958. The summed E-state index contributed by atoms with van der Waals surface area (Å²) in [6.07, 6.45) is 2.04. The molecule has 0 spiro atoms. The van der Waals surface area contributed by atoms with Crippen molar-refractivity contribution in [2.45, 2.75) is 26.0 Å². The van der Waals surface area contributed by atoms with Crippen molar-refractivity contribution in [3.63, 3.8) is 0 Å². The Hall–Kier alpha value is -1.30. The number of aromatic nitrogens is 2. The number of esters is 1. The van der Waals surface area contributed by atoms with Crippen LogP contribution in [0.3, 0.4) is 0 Å². The first-order valence-electron chi connectivity index (χ1n) is 4.90. The Morgan fingerprint density at radius 3 is 2.88 bits per heavy atom. The SMILES string of the molecule is CCOC(=O)c1nnc(SCC=C(C)C)o1. The quantitative estimate of drug-likeness (QED) is 0.448. The number of carbonyl (C=O) groups excluding carboxylic acids is 1. The van der Waals surface area contributed by atoms with E-state index < -0.39 is 5.97 Å². The van der Waals surface area contributed by atoms with Crippen LogP contribution in [0.15, 0.2) is 21.3 Å². The zero-order valence-corrected chi connectivity index (χ0v) is 10.3. The maximum Gasteiger partial charge on any atom is 0.396 e. The molecule has 6 heteroatoms. The maximum atomic E-state index is 11.2. The minimum Gasteiger partial charge on any atom is -0.459 e. The van der Waals surface area contributed by atoms with Crippen molar-refractivity contribution in [2.24, 2.45) is 0 Å². The first kappa shape index (κ1) is 12.8. The van der Waals surface area contributed by atoms with Crippen molar-refractivity contribution in [3.05, 3.63) is 17.5 Å². The lowest BCUT2D eigenvalue weighted by Gasteiger charge is -1.94. The lowest BCUT2D eigenvalue weighted by Crippen LogP contribution is -2.04. The summed E-state index contributed by atoms with van der Waals surface area (Å²) in [5.41, 5.74) is 1.22. The zero-order valence-electron chi connectivity index (χ0n) is 9.52. The van der Waals surface area contributed by atoms with Crippen molar-refractivity contribution < 1.29 is 13.9 Å². The van der Waals surface area contributed by atoms with Gasteiger partial charge in [0.1, 0.15) is 0 Å². The van der Waals surface area contributed by atoms with E-state index in [1.807, 2.05) is 19.9 Å². The highest BCUT2D eigenvalue weighted by Gasteiger charge is 2.15. The van der Waals surface area contributed by atoms with Crippen LogP contribution in [-0.4, -0.2) is 28.5 Å². The third-order valence-corrected chi connectivity index (χ3v) is 2.30. The monoisotopic (exact) mass is 242 g/mol. The van der Waals surface area contributed by atoms with Crippen LogP contribution < -0.4 is 0 Å². The molecular formula is C10H14N2O3S. The number of rotatable bonds is 5. The highest BCUT2D eigenvalue weighted by atomic mass is 32.2. The molecule has 1 heterocycles. The highest BCUT2D eigenvalue weighted by molar-refractivity contribution is 7.99. The van der Waals surface area contributed by atoms with Crippen LogP contribution in [0.5, 0.6) is 0 Å². The molecular weight excluding hydrogens is 228 g/mol. The third kappa shape index (κ3) is 4.06. The van der Waals surface area contributed by atoms with Gasteiger partial charge in [0.25, 0.3) is 5.22 Å². The zero-order chi connectivity index (χ0) is 12.0. The highest BCUT2D eigenvalue weighted by Crippen LogP contribution is 2.16. The summed E-state index contributed by atoms with van der Waals surface area (Å²) in [5.74, 6) is 0.0675. The number of hydrogen-bond donors (Lipinski definition) is 0. The predicted molar refractivity (Wildman–Crippen MR) is 60.4 cm³/mol. The Labute approximate surface area is 98.3 Å². The van der Waals surface area contributed by atoms with Crippen LogP contribution in [0.25, 0.3) is 0 Å². The van der Waals surface area contributed by atoms with Crippen molar-refractivity contribution in [2.75, 3.05) is 12.4 Å². The summed E-state index contributed by atoms with van der Waals surface area (Å²) < 4.78 is 9.84. The van der Waals surface area contributed by atoms with E-state index in [9.17, 15) is 4.79 Å². The molecule has 1 aromatic rings. The molecule has 0 aromatic carbocycles. The van der Waals surface area contributed by atoms with Gasteiger partial charge >= 0.3 is 11.9 Å². The van der Waals surface area contributed by atoms with Gasteiger partial charge in [0.05, 0.1) is 6.61 Å². The minimum atomic E-state index is -0.580. The number of carbonyl (C=O) groups is 1. The molecule has 0 aliphatic heterocycles. The van der Waals surface area contributed by atoms with Gasteiger partial charge in [-0.1, -0.05) is 28.5 Å². The van der Waals surface area contributed by atoms with Crippen LogP contribution in [0.4, 0.5) is 0 Å². The number of hydrogen-bond acceptors (Lipinski definition) is 6. The second-order valence-corrected chi connectivity index (χ2v) is 4.16. The number of nitrogens with zero attached hydrogens (tertiary/aromatic N) is 2. The smallest absolute Gasteiger partial charge is 0.396 e. The molecule has 88 valence electrons. The van der Waals surface area contributed by atoms with E-state index in [4.69, 9.17) is 9.15 Å². The average Bonchev–Trinajstić information content (AvgIpc) is 2.66. The Morgan fingerprint density at radius 1 is 1.50 bits per heavy atom.